The number of fused-ring (bicyclic) bond motifs is 2. The first-order valence-electron chi connectivity index (χ1n) is 11.1. The third-order valence-corrected chi connectivity index (χ3v) is 7.10. The minimum atomic E-state index is -4.69. The van der Waals surface area contributed by atoms with Crippen molar-refractivity contribution in [2.45, 2.75) is 19.3 Å². The van der Waals surface area contributed by atoms with Crippen molar-refractivity contribution in [3.8, 4) is 0 Å². The first-order chi connectivity index (χ1) is 17.6. The van der Waals surface area contributed by atoms with Gasteiger partial charge >= 0.3 is 0 Å². The highest BCUT2D eigenvalue weighted by Crippen LogP contribution is 2.50. The molecule has 6 nitrogen and oxygen atoms in total. The zero-order valence-corrected chi connectivity index (χ0v) is 24.7. The molecular formula is C27H25Cl5N2O4. The van der Waals surface area contributed by atoms with E-state index in [0.717, 1.165) is 33.5 Å². The summed E-state index contributed by atoms with van der Waals surface area (Å²) >= 11 is 25.2. The van der Waals surface area contributed by atoms with Crippen LogP contribution in [0.3, 0.4) is 0 Å². The average molecular weight is 619 g/mol. The van der Waals surface area contributed by atoms with Crippen LogP contribution in [-0.2, 0) is 12.5 Å². The van der Waals surface area contributed by atoms with Gasteiger partial charge in [0.05, 0.1) is 36.2 Å². The van der Waals surface area contributed by atoms with Crippen LogP contribution in [0.2, 0.25) is 20.1 Å². The van der Waals surface area contributed by atoms with Gasteiger partial charge in [-0.15, -0.1) is 0 Å². The van der Waals surface area contributed by atoms with E-state index in [0.29, 0.717) is 20.1 Å². The van der Waals surface area contributed by atoms with Crippen molar-refractivity contribution in [3.05, 3.63) is 104 Å². The second kappa shape index (κ2) is 12.0. The van der Waals surface area contributed by atoms with Gasteiger partial charge in [0, 0.05) is 46.3 Å². The predicted molar refractivity (Wildman–Crippen MR) is 148 cm³/mol. The second-order valence-corrected chi connectivity index (χ2v) is 11.5. The molecule has 0 fully saturated rings. The van der Waals surface area contributed by atoms with E-state index in [-0.39, 0.29) is 5.41 Å². The number of aryl methyl sites for hydroxylation is 1. The summed E-state index contributed by atoms with van der Waals surface area (Å²) in [5.74, 6) is 0. The number of allylic oxidation sites excluding steroid dienone is 7. The van der Waals surface area contributed by atoms with Crippen molar-refractivity contribution in [1.82, 2.24) is 4.57 Å². The molecule has 11 heteroatoms. The SMILES string of the molecule is CN1C(=CC=CC=CC=Cc2cc3cc(Cl)cc(Cl)c3n2C)C(C)(C)c2cc(Cl)cc(Cl)c21.[O-][Cl+3]([O-])([O-])O. The molecule has 0 radical (unpaired) electrons. The fraction of sp³-hybridized carbons (Fsp3) is 0.185. The monoisotopic (exact) mass is 616 g/mol. The topological polar surface area (TPSA) is 97.6 Å². The van der Waals surface area contributed by atoms with Gasteiger partial charge in [-0.2, -0.15) is 14.0 Å². The van der Waals surface area contributed by atoms with Gasteiger partial charge in [-0.25, -0.2) is 0 Å². The summed E-state index contributed by atoms with van der Waals surface area (Å²) in [5, 5.41) is 3.63. The maximum atomic E-state index is 8.60. The number of hydrogen-bond acceptors (Lipinski definition) is 5. The van der Waals surface area contributed by atoms with E-state index in [2.05, 4.69) is 35.5 Å². The molecule has 0 bridgehead atoms. The molecule has 1 aliphatic heterocycles. The van der Waals surface area contributed by atoms with Crippen LogP contribution in [-0.4, -0.2) is 16.3 Å². The summed E-state index contributed by atoms with van der Waals surface area (Å²) in [5.41, 5.74) is 5.14. The zero-order chi connectivity index (χ0) is 28.4. The lowest BCUT2D eigenvalue weighted by Crippen LogP contribution is -2.58. The Morgan fingerprint density at radius 2 is 1.37 bits per heavy atom. The number of aromatic nitrogens is 1. The van der Waals surface area contributed by atoms with Crippen LogP contribution in [0.5, 0.6) is 0 Å². The fourth-order valence-corrected chi connectivity index (χ4v) is 5.73. The summed E-state index contributed by atoms with van der Waals surface area (Å²) in [7, 11) is -0.663. The molecule has 4 rings (SSSR count). The minimum absolute atomic E-state index is 0.189. The Hall–Kier alpha value is -1.97. The predicted octanol–water partition coefficient (Wildman–Crippen LogP) is 5.11. The Labute approximate surface area is 243 Å². The number of benzene rings is 2. The van der Waals surface area contributed by atoms with Crippen LogP contribution in [0.4, 0.5) is 5.69 Å². The molecule has 0 aliphatic carbocycles. The molecule has 2 heterocycles. The molecule has 0 spiro atoms. The van der Waals surface area contributed by atoms with E-state index < -0.39 is 10.2 Å². The Bertz CT molecular complexity index is 1460. The van der Waals surface area contributed by atoms with Crippen LogP contribution in [0.25, 0.3) is 17.0 Å². The van der Waals surface area contributed by atoms with E-state index in [9.17, 15) is 0 Å². The van der Waals surface area contributed by atoms with E-state index in [4.69, 9.17) is 65.0 Å². The first kappa shape index (κ1) is 30.6. The lowest BCUT2D eigenvalue weighted by atomic mass is 9.84. The summed E-state index contributed by atoms with van der Waals surface area (Å²) < 4.78 is 34.8. The number of anilines is 1. The van der Waals surface area contributed by atoms with Crippen molar-refractivity contribution in [2.24, 2.45) is 7.05 Å². The highest BCUT2D eigenvalue weighted by Gasteiger charge is 2.39. The third kappa shape index (κ3) is 7.16. The highest BCUT2D eigenvalue weighted by atomic mass is 35.7. The number of rotatable bonds is 4. The van der Waals surface area contributed by atoms with E-state index >= 15 is 0 Å². The van der Waals surface area contributed by atoms with E-state index in [1.54, 1.807) is 12.1 Å². The molecule has 3 aromatic rings. The molecule has 1 N–H and O–H groups in total. The number of halogens is 5. The van der Waals surface area contributed by atoms with Crippen LogP contribution >= 0.6 is 46.4 Å². The standard InChI is InChI=1S/C27H24Cl4N2.ClHO4/c1-27(2)21-14-19(29)16-23(31)26(21)33(4)24(27)11-9-7-5-6-8-10-20-13-17-12-18(28)15-22(30)25(17)32(20)3;2-1(3,4)5/h5-16H,1-4H3;(H,2,3,4,5). The molecule has 0 unspecified atom stereocenters. The molecule has 2 aromatic carbocycles. The maximum absolute atomic E-state index is 8.60. The van der Waals surface area contributed by atoms with Gasteiger partial charge < -0.3 is 9.47 Å². The minimum Gasteiger partial charge on any atom is -0.346 e. The lowest BCUT2D eigenvalue weighted by molar-refractivity contribution is -1.92. The van der Waals surface area contributed by atoms with Crippen LogP contribution in [0, 0.1) is 10.2 Å². The number of nitrogens with zero attached hydrogens (tertiary/aromatic N) is 2. The first-order valence-corrected chi connectivity index (χ1v) is 13.9. The zero-order valence-electron chi connectivity index (χ0n) is 20.9. The van der Waals surface area contributed by atoms with Crippen molar-refractivity contribution in [1.29, 1.82) is 0 Å². The quantitative estimate of drug-likeness (QED) is 0.410. The molecule has 0 saturated carbocycles. The molecule has 0 atom stereocenters. The van der Waals surface area contributed by atoms with Gasteiger partial charge in [0.25, 0.3) is 0 Å². The van der Waals surface area contributed by atoms with Gasteiger partial charge in [0.15, 0.2) is 0 Å². The Morgan fingerprint density at radius 1 is 0.816 bits per heavy atom. The van der Waals surface area contributed by atoms with Crippen molar-refractivity contribution >= 4 is 69.1 Å². The Kier molecular flexibility index (Phi) is 9.69. The van der Waals surface area contributed by atoms with E-state index in [1.165, 1.54) is 0 Å². The fourth-order valence-electron chi connectivity index (χ4n) is 4.47. The summed E-state index contributed by atoms with van der Waals surface area (Å²) in [6.07, 6.45) is 14.2. The normalized spacial score (nSPS) is 16.3. The van der Waals surface area contributed by atoms with Crippen LogP contribution in [0.15, 0.2) is 72.5 Å². The van der Waals surface area contributed by atoms with Gasteiger partial charge in [-0.05, 0) is 48.0 Å². The lowest BCUT2D eigenvalue weighted by Gasteiger charge is -2.23. The largest absolute Gasteiger partial charge is 0.346 e. The summed E-state index contributed by atoms with van der Waals surface area (Å²) in [6.45, 7) is 4.37. The summed E-state index contributed by atoms with van der Waals surface area (Å²) in [6, 6.07) is 9.56. The number of hydrogen-bond donors (Lipinski definition) is 1. The van der Waals surface area contributed by atoms with Gasteiger partial charge in [0.1, 0.15) is 0 Å². The molecule has 38 heavy (non-hydrogen) atoms. The average Bonchev–Trinajstić information content (AvgIpc) is 3.17. The van der Waals surface area contributed by atoms with Crippen molar-refractivity contribution in [3.63, 3.8) is 0 Å². The van der Waals surface area contributed by atoms with Crippen molar-refractivity contribution < 1.29 is 28.9 Å². The molecular weight excluding hydrogens is 594 g/mol. The Morgan fingerprint density at radius 3 is 2.03 bits per heavy atom. The second-order valence-electron chi connectivity index (χ2n) is 9.00. The van der Waals surface area contributed by atoms with Crippen LogP contribution in [0.1, 0.15) is 25.1 Å². The smallest absolute Gasteiger partial charge is 0.0777 e. The molecule has 0 amide bonds. The summed E-state index contributed by atoms with van der Waals surface area (Å²) in [4.78, 5) is 2.14. The third-order valence-electron chi connectivity index (χ3n) is 6.09. The van der Waals surface area contributed by atoms with Crippen molar-refractivity contribution in [2.75, 3.05) is 11.9 Å². The Balaban J connectivity index is 0.000000732. The van der Waals surface area contributed by atoms with E-state index in [1.807, 2.05) is 62.7 Å². The molecule has 1 aliphatic rings. The maximum Gasteiger partial charge on any atom is 0.0777 e. The molecule has 202 valence electrons. The molecule has 1 aromatic heterocycles. The molecule has 0 saturated heterocycles. The highest BCUT2D eigenvalue weighted by molar-refractivity contribution is 6.38. The van der Waals surface area contributed by atoms with Gasteiger partial charge in [0.2, 0.25) is 0 Å². The van der Waals surface area contributed by atoms with Crippen LogP contribution < -0.4 is 18.9 Å². The van der Waals surface area contributed by atoms with Gasteiger partial charge in [-0.3, -0.25) is 0 Å². The number of likely N-dealkylation sites (N-methyl/N-ethyl adjacent to an activating group) is 1. The van der Waals surface area contributed by atoms with Gasteiger partial charge in [-0.1, -0.05) is 90.6 Å².